The second-order valence-corrected chi connectivity index (χ2v) is 18.4. The molecule has 1 saturated carbocycles. The lowest BCUT2D eigenvalue weighted by Crippen LogP contribution is -2.37. The number of allylic oxidation sites excluding steroid dienone is 2. The zero-order valence-electron chi connectivity index (χ0n) is 36.6. The molecule has 0 amide bonds. The predicted molar refractivity (Wildman–Crippen MR) is 224 cm³/mol. The van der Waals surface area contributed by atoms with Crippen molar-refractivity contribution in [3.63, 3.8) is 0 Å². The monoisotopic (exact) mass is 846 g/mol. The van der Waals surface area contributed by atoms with Gasteiger partial charge in [-0.05, 0) is 51.4 Å². The van der Waals surface area contributed by atoms with E-state index < -0.39 is 62.6 Å². The third-order valence-electron chi connectivity index (χ3n) is 10.4. The summed E-state index contributed by atoms with van der Waals surface area (Å²) in [4.78, 5) is 50.6. The molecular weight excluding hydrogens is 765 g/mol. The summed E-state index contributed by atoms with van der Waals surface area (Å²) >= 11 is 0. The van der Waals surface area contributed by atoms with Gasteiger partial charge < -0.3 is 43.2 Å². The number of hydrogen-bond acceptors (Lipinski definition) is 12. The molecule has 0 aromatic rings. The van der Waals surface area contributed by atoms with Gasteiger partial charge in [0.05, 0.1) is 46.1 Å². The summed E-state index contributed by atoms with van der Waals surface area (Å²) in [5.41, 5.74) is 0. The van der Waals surface area contributed by atoms with Gasteiger partial charge in [0.25, 0.3) is 7.82 Å². The Kier molecular flexibility index (Phi) is 29.7. The van der Waals surface area contributed by atoms with Crippen molar-refractivity contribution in [1.29, 1.82) is 0 Å². The highest BCUT2D eigenvalue weighted by molar-refractivity contribution is 7.45. The highest BCUT2D eigenvalue weighted by Crippen LogP contribution is 2.39. The maximum atomic E-state index is 12.9. The van der Waals surface area contributed by atoms with Gasteiger partial charge in [-0.25, -0.2) is 0 Å². The van der Waals surface area contributed by atoms with Crippen LogP contribution in [-0.2, 0) is 37.5 Å². The van der Waals surface area contributed by atoms with Crippen LogP contribution in [-0.4, -0.2) is 109 Å². The number of rotatable bonds is 36. The number of aliphatic hydroxyl groups is 3. The molecule has 338 valence electrons. The van der Waals surface area contributed by atoms with Crippen LogP contribution in [0.25, 0.3) is 0 Å². The smallest absolute Gasteiger partial charge is 0.306 e. The fourth-order valence-corrected chi connectivity index (χ4v) is 7.55. The third-order valence-corrected chi connectivity index (χ3v) is 11.4. The van der Waals surface area contributed by atoms with Crippen molar-refractivity contribution < 1.29 is 62.2 Å². The topological polar surface area (TPSA) is 189 Å². The van der Waals surface area contributed by atoms with Gasteiger partial charge in [-0.3, -0.25) is 18.9 Å². The lowest BCUT2D eigenvalue weighted by Gasteiger charge is -2.28. The van der Waals surface area contributed by atoms with Crippen LogP contribution < -0.4 is 4.89 Å². The van der Waals surface area contributed by atoms with Crippen LogP contribution in [0.5, 0.6) is 0 Å². The van der Waals surface area contributed by atoms with Gasteiger partial charge in [0.2, 0.25) is 0 Å². The van der Waals surface area contributed by atoms with E-state index in [1.54, 1.807) is 12.2 Å². The predicted octanol–water partition coefficient (Wildman–Crippen LogP) is 7.28. The molecule has 0 bridgehead atoms. The summed E-state index contributed by atoms with van der Waals surface area (Å²) in [6.07, 6.45) is 21.2. The lowest BCUT2D eigenvalue weighted by molar-refractivity contribution is -0.870. The van der Waals surface area contributed by atoms with E-state index in [2.05, 4.69) is 26.0 Å². The van der Waals surface area contributed by atoms with Crippen LogP contribution in [0, 0.1) is 11.8 Å². The van der Waals surface area contributed by atoms with Crippen LogP contribution in [0.4, 0.5) is 0 Å². The SMILES string of the molecule is CCCCCC/C=C\CCCCCCCC(=O)OC[C@H](COP(=O)([O-])OCC[N+](C)(C)C)OC(=O)CCCCC(=O)C[C@@H]1[C@@H](/C=C/[C@@H](O)CCCCC)[C@H](O)C[C@@H]1O. The number of carbonyl (C=O) groups excluding carboxylic acids is 3. The molecule has 1 rings (SSSR count). The molecule has 14 heteroatoms. The van der Waals surface area contributed by atoms with Crippen LogP contribution in [0.2, 0.25) is 0 Å². The molecule has 0 spiro atoms. The van der Waals surface area contributed by atoms with Gasteiger partial charge in [-0.15, -0.1) is 0 Å². The molecule has 1 fully saturated rings. The number of ketones is 1. The van der Waals surface area contributed by atoms with E-state index in [0.29, 0.717) is 36.7 Å². The Morgan fingerprint density at radius 2 is 1.36 bits per heavy atom. The lowest BCUT2D eigenvalue weighted by atomic mass is 9.87. The van der Waals surface area contributed by atoms with Crippen molar-refractivity contribution in [2.24, 2.45) is 11.8 Å². The summed E-state index contributed by atoms with van der Waals surface area (Å²) in [6.45, 7) is 3.64. The third kappa shape index (κ3) is 28.5. The van der Waals surface area contributed by atoms with E-state index in [1.165, 1.54) is 25.7 Å². The van der Waals surface area contributed by atoms with Gasteiger partial charge in [-0.1, -0.05) is 95.9 Å². The minimum Gasteiger partial charge on any atom is -0.756 e. The summed E-state index contributed by atoms with van der Waals surface area (Å²) in [5, 5.41) is 31.3. The van der Waals surface area contributed by atoms with Crippen molar-refractivity contribution in [1.82, 2.24) is 0 Å². The average Bonchev–Trinajstić information content (AvgIpc) is 3.41. The standard InChI is InChI=1S/C44H80NO12P/c1-6-8-10-11-12-13-14-15-16-17-18-19-21-26-43(50)54-34-38(35-56-58(52,53)55-31-30-45(3,4)5)57-44(51)27-23-22-25-37(47)32-40-39(41(48)33-42(40)49)29-28-36(46)24-20-9-7-2/h13-14,28-29,36,38-42,46,48-49H,6-12,15-27,30-35H2,1-5H3/b14-13-,29-28+/t36-,38+,39+,40+,41+,42-/m0/s1. The minimum absolute atomic E-state index is 0.0619. The normalized spacial score (nSPS) is 20.7. The number of unbranched alkanes of at least 4 members (excludes halogenated alkanes) is 12. The number of quaternary nitrogens is 1. The summed E-state index contributed by atoms with van der Waals surface area (Å²) in [7, 11) is 0.932. The number of nitrogens with zero attached hydrogens (tertiary/aromatic N) is 1. The average molecular weight is 846 g/mol. The first-order valence-electron chi connectivity index (χ1n) is 22.2. The maximum absolute atomic E-state index is 12.9. The number of hydrogen-bond donors (Lipinski definition) is 3. The van der Waals surface area contributed by atoms with Gasteiger partial charge in [0.1, 0.15) is 25.5 Å². The van der Waals surface area contributed by atoms with Crippen LogP contribution in [0.15, 0.2) is 24.3 Å². The molecule has 0 aromatic carbocycles. The van der Waals surface area contributed by atoms with E-state index >= 15 is 0 Å². The van der Waals surface area contributed by atoms with E-state index in [4.69, 9.17) is 18.5 Å². The van der Waals surface area contributed by atoms with Crippen LogP contribution in [0.3, 0.4) is 0 Å². The summed E-state index contributed by atoms with van der Waals surface area (Å²) in [6, 6.07) is 0. The Bertz CT molecular complexity index is 1220. The largest absolute Gasteiger partial charge is 0.756 e. The fraction of sp³-hybridized carbons (Fsp3) is 0.841. The number of esters is 2. The van der Waals surface area contributed by atoms with E-state index in [1.807, 2.05) is 21.1 Å². The molecule has 1 aliphatic rings. The molecule has 58 heavy (non-hydrogen) atoms. The van der Waals surface area contributed by atoms with Crippen LogP contribution in [0.1, 0.15) is 155 Å². The van der Waals surface area contributed by atoms with Crippen molar-refractivity contribution in [2.75, 3.05) is 47.5 Å². The summed E-state index contributed by atoms with van der Waals surface area (Å²) < 4.78 is 33.7. The minimum atomic E-state index is -4.73. The Hall–Kier alpha value is -1.96. The molecule has 7 atom stereocenters. The first kappa shape index (κ1) is 54.1. The zero-order valence-corrected chi connectivity index (χ0v) is 37.5. The Balaban J connectivity index is 2.55. The molecule has 0 aromatic heterocycles. The van der Waals surface area contributed by atoms with Crippen molar-refractivity contribution in [2.45, 2.75) is 180 Å². The highest BCUT2D eigenvalue weighted by atomic mass is 31.2. The fourth-order valence-electron chi connectivity index (χ4n) is 6.82. The van der Waals surface area contributed by atoms with Crippen molar-refractivity contribution in [3.05, 3.63) is 24.3 Å². The molecule has 1 aliphatic carbocycles. The number of Topliss-reactive ketones (excluding diaryl/α,β-unsaturated/α-hetero) is 1. The highest BCUT2D eigenvalue weighted by Gasteiger charge is 2.41. The number of aliphatic hydroxyl groups excluding tert-OH is 3. The summed E-state index contributed by atoms with van der Waals surface area (Å²) in [5.74, 6) is -2.15. The maximum Gasteiger partial charge on any atom is 0.306 e. The van der Waals surface area contributed by atoms with Gasteiger partial charge >= 0.3 is 11.9 Å². The van der Waals surface area contributed by atoms with Gasteiger partial charge in [0, 0.05) is 43.9 Å². The number of likely N-dealkylation sites (N-methyl/N-ethyl adjacent to an activating group) is 1. The molecule has 3 N–H and O–H groups in total. The van der Waals surface area contributed by atoms with E-state index in [0.717, 1.165) is 57.8 Å². The number of ether oxygens (including phenoxy) is 2. The van der Waals surface area contributed by atoms with E-state index in [9.17, 15) is 39.2 Å². The zero-order chi connectivity index (χ0) is 43.2. The molecule has 0 aliphatic heterocycles. The molecule has 0 radical (unpaired) electrons. The quantitative estimate of drug-likeness (QED) is 0.0188. The van der Waals surface area contributed by atoms with Gasteiger partial charge in [-0.2, -0.15) is 0 Å². The number of carbonyl (C=O) groups is 3. The molecule has 0 saturated heterocycles. The molecule has 1 unspecified atom stereocenters. The first-order valence-corrected chi connectivity index (χ1v) is 23.7. The second-order valence-electron chi connectivity index (χ2n) is 17.0. The van der Waals surface area contributed by atoms with Crippen LogP contribution >= 0.6 is 7.82 Å². The second kappa shape index (κ2) is 31.8. The molecular formula is C44H80NO12P. The Morgan fingerprint density at radius 3 is 2.03 bits per heavy atom. The number of phosphoric acid groups is 1. The van der Waals surface area contributed by atoms with E-state index in [-0.39, 0.29) is 51.1 Å². The molecule has 13 nitrogen and oxygen atoms in total. The van der Waals surface area contributed by atoms with Crippen molar-refractivity contribution in [3.8, 4) is 0 Å². The molecule has 0 heterocycles. The number of phosphoric ester groups is 1. The first-order chi connectivity index (χ1) is 27.6. The Labute approximate surface area is 350 Å². The van der Waals surface area contributed by atoms with Gasteiger partial charge in [0.15, 0.2) is 6.10 Å². The Morgan fingerprint density at radius 1 is 0.776 bits per heavy atom. The van der Waals surface area contributed by atoms with Crippen molar-refractivity contribution >= 4 is 25.5 Å².